The van der Waals surface area contributed by atoms with Gasteiger partial charge in [-0.1, -0.05) is 34.1 Å². The number of rotatable bonds is 3. The smallest absolute Gasteiger partial charge is 0.342 e. The van der Waals surface area contributed by atoms with Crippen LogP contribution in [0.2, 0.25) is 0 Å². The van der Waals surface area contributed by atoms with Gasteiger partial charge in [0, 0.05) is 10.0 Å². The normalized spacial score (nSPS) is 10.2. The van der Waals surface area contributed by atoms with E-state index in [0.717, 1.165) is 0 Å². The number of halogens is 2. The van der Waals surface area contributed by atoms with Crippen LogP contribution in [0.3, 0.4) is 0 Å². The fourth-order valence-corrected chi connectivity index (χ4v) is 1.84. The molecule has 0 unspecified atom stereocenters. The van der Waals surface area contributed by atoms with Gasteiger partial charge in [0.15, 0.2) is 0 Å². The summed E-state index contributed by atoms with van der Waals surface area (Å²) < 4.78 is 19.1. The molecule has 0 aliphatic carbocycles. The minimum Gasteiger partial charge on any atom is -0.507 e. The van der Waals surface area contributed by atoms with Crippen LogP contribution in [0.4, 0.5) is 4.39 Å². The Hall–Kier alpha value is -1.88. The highest BCUT2D eigenvalue weighted by Gasteiger charge is 2.13. The molecule has 3 nitrogen and oxygen atoms in total. The summed E-state index contributed by atoms with van der Waals surface area (Å²) in [5, 5.41) is 9.49. The van der Waals surface area contributed by atoms with Crippen molar-refractivity contribution in [2.75, 3.05) is 0 Å². The lowest BCUT2D eigenvalue weighted by Gasteiger charge is -2.07. The van der Waals surface area contributed by atoms with Gasteiger partial charge in [-0.15, -0.1) is 0 Å². The fourth-order valence-electron chi connectivity index (χ4n) is 1.51. The first-order chi connectivity index (χ1) is 9.08. The molecule has 19 heavy (non-hydrogen) atoms. The highest BCUT2D eigenvalue weighted by Crippen LogP contribution is 2.19. The van der Waals surface area contributed by atoms with E-state index in [1.54, 1.807) is 18.2 Å². The third-order valence-electron chi connectivity index (χ3n) is 2.50. The van der Waals surface area contributed by atoms with Gasteiger partial charge < -0.3 is 9.84 Å². The summed E-state index contributed by atoms with van der Waals surface area (Å²) in [4.78, 5) is 11.7. The van der Waals surface area contributed by atoms with Crippen LogP contribution in [0.1, 0.15) is 15.9 Å². The summed E-state index contributed by atoms with van der Waals surface area (Å²) in [6.07, 6.45) is 0. The molecule has 0 aliphatic heterocycles. The molecule has 0 aliphatic rings. The minimum absolute atomic E-state index is 0.0556. The Morgan fingerprint density at radius 1 is 1.26 bits per heavy atom. The van der Waals surface area contributed by atoms with Gasteiger partial charge in [0.05, 0.1) is 0 Å². The Morgan fingerprint density at radius 2 is 2.00 bits per heavy atom. The van der Waals surface area contributed by atoms with Gasteiger partial charge in [-0.3, -0.25) is 0 Å². The molecule has 2 rings (SSSR count). The molecule has 0 spiro atoms. The van der Waals surface area contributed by atoms with Crippen LogP contribution in [0.15, 0.2) is 46.9 Å². The number of carbonyl (C=O) groups excluding carboxylic acids is 1. The van der Waals surface area contributed by atoms with E-state index in [9.17, 15) is 14.3 Å². The van der Waals surface area contributed by atoms with Crippen LogP contribution < -0.4 is 0 Å². The molecule has 0 bridgehead atoms. The zero-order valence-corrected chi connectivity index (χ0v) is 11.4. The molecule has 1 N–H and O–H groups in total. The molecule has 2 aromatic rings. The number of hydrogen-bond donors (Lipinski definition) is 1. The van der Waals surface area contributed by atoms with E-state index in [1.165, 1.54) is 24.3 Å². The fraction of sp³-hybridized carbons (Fsp3) is 0.0714. The zero-order valence-electron chi connectivity index (χ0n) is 9.77. The molecule has 0 saturated heterocycles. The van der Waals surface area contributed by atoms with Crippen LogP contribution in [-0.2, 0) is 11.3 Å². The molecule has 0 atom stereocenters. The average Bonchev–Trinajstić information content (AvgIpc) is 2.38. The second-order valence-corrected chi connectivity index (χ2v) is 4.74. The lowest BCUT2D eigenvalue weighted by atomic mass is 10.2. The van der Waals surface area contributed by atoms with E-state index in [4.69, 9.17) is 4.74 Å². The molecular formula is C14H10BrFO3. The highest BCUT2D eigenvalue weighted by atomic mass is 79.9. The number of carbonyl (C=O) groups is 1. The molecule has 0 aromatic heterocycles. The first-order valence-electron chi connectivity index (χ1n) is 5.47. The maximum absolute atomic E-state index is 13.5. The number of ether oxygens (including phenoxy) is 1. The van der Waals surface area contributed by atoms with Crippen molar-refractivity contribution in [3.05, 3.63) is 63.9 Å². The van der Waals surface area contributed by atoms with Crippen LogP contribution in [0.25, 0.3) is 0 Å². The van der Waals surface area contributed by atoms with E-state index in [1.807, 2.05) is 0 Å². The van der Waals surface area contributed by atoms with Crippen molar-refractivity contribution < 1.29 is 19.0 Å². The Kier molecular flexibility index (Phi) is 4.16. The number of hydrogen-bond acceptors (Lipinski definition) is 3. The minimum atomic E-state index is -0.694. The molecule has 5 heteroatoms. The van der Waals surface area contributed by atoms with E-state index < -0.39 is 11.8 Å². The van der Waals surface area contributed by atoms with Crippen LogP contribution in [0, 0.1) is 5.82 Å². The second kappa shape index (κ2) is 5.84. The number of aromatic hydroxyl groups is 1. The molecule has 2 aromatic carbocycles. The van der Waals surface area contributed by atoms with Crippen molar-refractivity contribution in [1.82, 2.24) is 0 Å². The van der Waals surface area contributed by atoms with Gasteiger partial charge in [-0.25, -0.2) is 9.18 Å². The summed E-state index contributed by atoms with van der Waals surface area (Å²) in [7, 11) is 0. The highest BCUT2D eigenvalue weighted by molar-refractivity contribution is 9.10. The van der Waals surface area contributed by atoms with Crippen molar-refractivity contribution >= 4 is 21.9 Å². The summed E-state index contributed by atoms with van der Waals surface area (Å²) in [6, 6.07) is 10.5. The molecule has 98 valence electrons. The van der Waals surface area contributed by atoms with Gasteiger partial charge in [-0.2, -0.15) is 0 Å². The lowest BCUT2D eigenvalue weighted by molar-refractivity contribution is 0.0465. The second-order valence-electron chi connectivity index (χ2n) is 3.83. The van der Waals surface area contributed by atoms with Crippen LogP contribution in [0.5, 0.6) is 5.75 Å². The van der Waals surface area contributed by atoms with E-state index in [-0.39, 0.29) is 23.5 Å². The monoisotopic (exact) mass is 324 g/mol. The van der Waals surface area contributed by atoms with Gasteiger partial charge in [-0.05, 0) is 24.3 Å². The number of benzene rings is 2. The first kappa shape index (κ1) is 13.5. The molecule has 0 fully saturated rings. The zero-order chi connectivity index (χ0) is 13.8. The third-order valence-corrected chi connectivity index (χ3v) is 2.99. The molecule has 0 heterocycles. The first-order valence-corrected chi connectivity index (χ1v) is 6.26. The maximum atomic E-state index is 13.5. The van der Waals surface area contributed by atoms with Crippen molar-refractivity contribution in [1.29, 1.82) is 0 Å². The summed E-state index contributed by atoms with van der Waals surface area (Å²) in [5.74, 6) is -1.32. The largest absolute Gasteiger partial charge is 0.507 e. The number of phenols is 1. The quantitative estimate of drug-likeness (QED) is 0.876. The standard InChI is InChI=1S/C14H10BrFO3/c15-10-6-5-9(12(16)7-10)8-19-14(18)11-3-1-2-4-13(11)17/h1-7,17H,8H2. The number of esters is 1. The third kappa shape index (κ3) is 3.32. The SMILES string of the molecule is O=C(OCc1ccc(Br)cc1F)c1ccccc1O. The van der Waals surface area contributed by atoms with Crippen LogP contribution >= 0.6 is 15.9 Å². The predicted octanol–water partition coefficient (Wildman–Crippen LogP) is 3.65. The Bertz CT molecular complexity index is 613. The van der Waals surface area contributed by atoms with Crippen molar-refractivity contribution in [3.63, 3.8) is 0 Å². The summed E-state index contributed by atoms with van der Waals surface area (Å²) >= 11 is 3.14. The number of para-hydroxylation sites is 1. The Labute approximate surface area is 117 Å². The van der Waals surface area contributed by atoms with E-state index in [0.29, 0.717) is 4.47 Å². The van der Waals surface area contributed by atoms with Gasteiger partial charge in [0.1, 0.15) is 23.7 Å². The number of phenolic OH excluding ortho intramolecular Hbond substituents is 1. The Morgan fingerprint density at radius 3 is 2.68 bits per heavy atom. The van der Waals surface area contributed by atoms with Crippen molar-refractivity contribution in [2.45, 2.75) is 6.61 Å². The van der Waals surface area contributed by atoms with E-state index in [2.05, 4.69) is 15.9 Å². The summed E-state index contributed by atoms with van der Waals surface area (Å²) in [6.45, 7) is -0.188. The molecular weight excluding hydrogens is 315 g/mol. The predicted molar refractivity (Wildman–Crippen MR) is 71.3 cm³/mol. The van der Waals surface area contributed by atoms with Crippen LogP contribution in [-0.4, -0.2) is 11.1 Å². The molecule has 0 amide bonds. The topological polar surface area (TPSA) is 46.5 Å². The average molecular weight is 325 g/mol. The molecule has 0 radical (unpaired) electrons. The van der Waals surface area contributed by atoms with Gasteiger partial charge in [0.2, 0.25) is 0 Å². The van der Waals surface area contributed by atoms with Crippen molar-refractivity contribution in [2.24, 2.45) is 0 Å². The van der Waals surface area contributed by atoms with Crippen molar-refractivity contribution in [3.8, 4) is 5.75 Å². The van der Waals surface area contributed by atoms with Gasteiger partial charge in [0.25, 0.3) is 0 Å². The Balaban J connectivity index is 2.07. The lowest BCUT2D eigenvalue weighted by Crippen LogP contribution is -2.06. The summed E-state index contributed by atoms with van der Waals surface area (Å²) in [5.41, 5.74) is 0.326. The molecule has 0 saturated carbocycles. The maximum Gasteiger partial charge on any atom is 0.342 e. The van der Waals surface area contributed by atoms with E-state index >= 15 is 0 Å². The van der Waals surface area contributed by atoms with Gasteiger partial charge >= 0.3 is 5.97 Å².